The summed E-state index contributed by atoms with van der Waals surface area (Å²) >= 11 is 0. The van der Waals surface area contributed by atoms with E-state index in [-0.39, 0.29) is 16.9 Å². The second kappa shape index (κ2) is 6.52. The quantitative estimate of drug-likeness (QED) is 0.848. The number of aromatic nitrogens is 1. The van der Waals surface area contributed by atoms with Gasteiger partial charge in [0.05, 0.1) is 11.9 Å². The Morgan fingerprint density at radius 2 is 2.11 bits per heavy atom. The molecule has 2 aliphatic rings. The molecule has 6 nitrogen and oxygen atoms in total. The van der Waals surface area contributed by atoms with Crippen LogP contribution < -0.4 is 10.2 Å². The number of benzene rings is 1. The summed E-state index contributed by atoms with van der Waals surface area (Å²) in [6, 6.07) is 10.5. The fraction of sp³-hybridized carbons (Fsp3) is 0.429. The molecule has 1 aromatic carbocycles. The van der Waals surface area contributed by atoms with Crippen LogP contribution in [0.3, 0.4) is 0 Å². The Morgan fingerprint density at radius 1 is 1.36 bits per heavy atom. The van der Waals surface area contributed by atoms with Crippen molar-refractivity contribution in [2.24, 2.45) is 0 Å². The first-order chi connectivity index (χ1) is 13.3. The first-order valence-corrected chi connectivity index (χ1v) is 9.31. The number of anilines is 1. The minimum atomic E-state index is -0.832. The number of aliphatic hydroxyl groups is 1. The topological polar surface area (TPSA) is 75.4 Å². The van der Waals surface area contributed by atoms with Gasteiger partial charge in [0.25, 0.3) is 0 Å². The largest absolute Gasteiger partial charge is 0.361 e. The Balaban J connectivity index is 1.59. The lowest BCUT2D eigenvalue weighted by atomic mass is 9.59. The zero-order valence-corrected chi connectivity index (χ0v) is 16.3. The van der Waals surface area contributed by atoms with Gasteiger partial charge in [-0.05, 0) is 63.2 Å². The second-order valence-corrected chi connectivity index (χ2v) is 8.18. The predicted molar refractivity (Wildman–Crippen MR) is 104 cm³/mol. The summed E-state index contributed by atoms with van der Waals surface area (Å²) < 4.78 is 13.8. The highest BCUT2D eigenvalue weighted by atomic mass is 19.1. The van der Waals surface area contributed by atoms with E-state index in [1.807, 2.05) is 38.1 Å². The maximum Gasteiger partial charge on any atom is 0.184 e. The van der Waals surface area contributed by atoms with Crippen molar-refractivity contribution in [3.63, 3.8) is 0 Å². The average molecular weight is 381 g/mol. The average Bonchev–Trinajstić information content (AvgIpc) is 2.97. The number of hydrogen-bond donors (Lipinski definition) is 2. The van der Waals surface area contributed by atoms with Crippen molar-refractivity contribution in [2.75, 3.05) is 25.5 Å². The van der Waals surface area contributed by atoms with Crippen molar-refractivity contribution in [3.8, 4) is 6.07 Å². The maximum absolute atomic E-state index is 13.8. The van der Waals surface area contributed by atoms with E-state index in [0.717, 1.165) is 29.7 Å². The summed E-state index contributed by atoms with van der Waals surface area (Å²) in [5.41, 5.74) is 2.48. The monoisotopic (exact) mass is 381 g/mol. The minimum absolute atomic E-state index is 0.236. The van der Waals surface area contributed by atoms with E-state index in [9.17, 15) is 9.50 Å². The van der Waals surface area contributed by atoms with E-state index < -0.39 is 6.35 Å². The zero-order valence-electron chi connectivity index (χ0n) is 16.3. The van der Waals surface area contributed by atoms with E-state index in [1.54, 1.807) is 24.4 Å². The lowest BCUT2D eigenvalue weighted by Gasteiger charge is -2.58. The Morgan fingerprint density at radius 3 is 2.71 bits per heavy atom. The lowest BCUT2D eigenvalue weighted by molar-refractivity contribution is -0.0315. The molecule has 1 unspecified atom stereocenters. The number of aryl methyl sites for hydroxylation is 1. The molecule has 2 N–H and O–H groups in total. The number of aliphatic hydroxyl groups excluding tert-OH is 1. The molecular weight excluding hydrogens is 357 g/mol. The van der Waals surface area contributed by atoms with Gasteiger partial charge >= 0.3 is 0 Å². The first kappa shape index (κ1) is 18.8. The van der Waals surface area contributed by atoms with Crippen molar-refractivity contribution >= 4 is 5.69 Å². The highest BCUT2D eigenvalue weighted by Crippen LogP contribution is 2.54. The Labute approximate surface area is 164 Å². The SMILES string of the molecule is Cc1cc(C#N)ncc1N1CC2(CC(c3cccc(F)c3)(N(C)C)C2)NC1O. The standard InChI is InChI=1S/C21H24FN5O/c1-14-7-17(9-23)24-10-18(14)27-13-20(25-19(27)28)11-21(12-20,26(2)3)15-5-4-6-16(22)8-15/h4-8,10,19,25,28H,11-13H2,1-3H3. The van der Waals surface area contributed by atoms with Crippen molar-refractivity contribution in [3.05, 3.63) is 59.2 Å². The van der Waals surface area contributed by atoms with Crippen molar-refractivity contribution < 1.29 is 9.50 Å². The van der Waals surface area contributed by atoms with Gasteiger partial charge in [-0.3, -0.25) is 10.2 Å². The summed E-state index contributed by atoms with van der Waals surface area (Å²) in [7, 11) is 4.02. The number of hydrogen-bond acceptors (Lipinski definition) is 6. The first-order valence-electron chi connectivity index (χ1n) is 9.31. The van der Waals surface area contributed by atoms with Crippen LogP contribution in [0.1, 0.15) is 29.7 Å². The van der Waals surface area contributed by atoms with Crippen LogP contribution in [-0.4, -0.2) is 47.5 Å². The lowest BCUT2D eigenvalue weighted by Crippen LogP contribution is -2.67. The van der Waals surface area contributed by atoms with Gasteiger partial charge in [-0.15, -0.1) is 0 Å². The van der Waals surface area contributed by atoms with Gasteiger partial charge in [0.15, 0.2) is 6.35 Å². The van der Waals surface area contributed by atoms with Crippen molar-refractivity contribution in [1.82, 2.24) is 15.2 Å². The van der Waals surface area contributed by atoms with Crippen LogP contribution in [0.4, 0.5) is 10.1 Å². The second-order valence-electron chi connectivity index (χ2n) is 8.18. The molecule has 1 saturated heterocycles. The number of pyridine rings is 1. The Kier molecular flexibility index (Phi) is 4.38. The Hall–Kier alpha value is -2.53. The highest BCUT2D eigenvalue weighted by Gasteiger charge is 2.60. The fourth-order valence-corrected chi connectivity index (χ4v) is 4.78. The molecule has 1 aromatic heterocycles. The van der Waals surface area contributed by atoms with Gasteiger partial charge in [0, 0.05) is 17.6 Å². The number of halogens is 1. The van der Waals surface area contributed by atoms with Gasteiger partial charge in [-0.2, -0.15) is 5.26 Å². The molecule has 28 heavy (non-hydrogen) atoms. The van der Waals surface area contributed by atoms with E-state index >= 15 is 0 Å². The van der Waals surface area contributed by atoms with Gasteiger partial charge in [-0.1, -0.05) is 12.1 Å². The number of nitriles is 1. The van der Waals surface area contributed by atoms with E-state index in [4.69, 9.17) is 5.26 Å². The molecule has 1 aliphatic heterocycles. The smallest absolute Gasteiger partial charge is 0.184 e. The third-order valence-electron chi connectivity index (χ3n) is 6.19. The molecule has 1 spiro atoms. The molecule has 1 atom stereocenters. The highest BCUT2D eigenvalue weighted by molar-refractivity contribution is 5.55. The van der Waals surface area contributed by atoms with Gasteiger partial charge in [0.1, 0.15) is 17.6 Å². The van der Waals surface area contributed by atoms with Crippen LogP contribution in [0.2, 0.25) is 0 Å². The van der Waals surface area contributed by atoms with Crippen LogP contribution in [-0.2, 0) is 5.54 Å². The van der Waals surface area contributed by atoms with Gasteiger partial charge < -0.3 is 10.0 Å². The summed E-state index contributed by atoms with van der Waals surface area (Å²) in [6.45, 7) is 2.53. The van der Waals surface area contributed by atoms with E-state index in [0.29, 0.717) is 12.2 Å². The summed E-state index contributed by atoms with van der Waals surface area (Å²) in [5, 5.41) is 23.0. The minimum Gasteiger partial charge on any atom is -0.361 e. The molecule has 0 radical (unpaired) electrons. The molecule has 2 aromatic rings. The number of rotatable bonds is 3. The molecule has 1 aliphatic carbocycles. The zero-order chi connectivity index (χ0) is 20.1. The number of nitrogens with zero attached hydrogens (tertiary/aromatic N) is 4. The van der Waals surface area contributed by atoms with E-state index in [1.165, 1.54) is 6.07 Å². The predicted octanol–water partition coefficient (Wildman–Crippen LogP) is 2.08. The molecule has 2 heterocycles. The fourth-order valence-electron chi connectivity index (χ4n) is 4.78. The molecule has 2 fully saturated rings. The maximum atomic E-state index is 13.8. The van der Waals surface area contributed by atoms with E-state index in [2.05, 4.69) is 15.2 Å². The summed E-state index contributed by atoms with van der Waals surface area (Å²) in [4.78, 5) is 8.17. The third kappa shape index (κ3) is 2.85. The summed E-state index contributed by atoms with van der Waals surface area (Å²) in [6.07, 6.45) is 2.32. The third-order valence-corrected chi connectivity index (χ3v) is 6.19. The molecule has 4 rings (SSSR count). The van der Waals surface area contributed by atoms with Crippen LogP contribution in [0.15, 0.2) is 36.5 Å². The number of nitrogens with one attached hydrogen (secondary N) is 1. The molecule has 0 bridgehead atoms. The van der Waals surface area contributed by atoms with Gasteiger partial charge in [0.2, 0.25) is 0 Å². The van der Waals surface area contributed by atoms with Gasteiger partial charge in [-0.25, -0.2) is 9.37 Å². The molecular formula is C21H24FN5O. The van der Waals surface area contributed by atoms with Crippen LogP contribution in [0.25, 0.3) is 0 Å². The molecule has 7 heteroatoms. The van der Waals surface area contributed by atoms with Crippen LogP contribution in [0, 0.1) is 24.1 Å². The van der Waals surface area contributed by atoms with Crippen molar-refractivity contribution in [2.45, 2.75) is 37.2 Å². The molecule has 0 amide bonds. The molecule has 146 valence electrons. The Bertz CT molecular complexity index is 948. The summed E-state index contributed by atoms with van der Waals surface area (Å²) in [5.74, 6) is -0.236. The normalized spacial score (nSPS) is 29.2. The van der Waals surface area contributed by atoms with Crippen molar-refractivity contribution in [1.29, 1.82) is 5.26 Å². The van der Waals surface area contributed by atoms with Crippen LogP contribution in [0.5, 0.6) is 0 Å². The molecule has 1 saturated carbocycles. The van der Waals surface area contributed by atoms with Crippen LogP contribution >= 0.6 is 0 Å².